The molecule has 0 spiro atoms. The first-order valence-electron chi connectivity index (χ1n) is 5.40. The van der Waals surface area contributed by atoms with Gasteiger partial charge in [0.25, 0.3) is 0 Å². The summed E-state index contributed by atoms with van der Waals surface area (Å²) < 4.78 is 0. The second-order valence-electron chi connectivity index (χ2n) is 4.26. The van der Waals surface area contributed by atoms with Crippen molar-refractivity contribution in [1.82, 2.24) is 0 Å². The van der Waals surface area contributed by atoms with Gasteiger partial charge in [0, 0.05) is 13.6 Å². The van der Waals surface area contributed by atoms with Gasteiger partial charge in [0.05, 0.1) is 11.4 Å². The van der Waals surface area contributed by atoms with Crippen LogP contribution in [0.4, 0.5) is 11.4 Å². The predicted octanol–water partition coefficient (Wildman–Crippen LogP) is 1.02. The minimum atomic E-state index is -0.270. The number of carbonyl (C=O) groups is 1. The molecule has 0 saturated carbocycles. The van der Waals surface area contributed by atoms with Gasteiger partial charge in [-0.05, 0) is 31.0 Å². The lowest BCUT2D eigenvalue weighted by Gasteiger charge is -2.36. The molecule has 0 bridgehead atoms. The van der Waals surface area contributed by atoms with Gasteiger partial charge in [0.2, 0.25) is 5.91 Å². The van der Waals surface area contributed by atoms with Gasteiger partial charge >= 0.3 is 0 Å². The first kappa shape index (κ1) is 11.0. The molecule has 1 amide bonds. The fraction of sp³-hybridized carbons (Fsp3) is 0.417. The largest absolute Gasteiger partial charge is 0.360 e. The number of likely N-dealkylation sites (N-methyl/N-ethyl adjacent to an activating group) is 1. The normalized spacial score (nSPS) is 19.4. The van der Waals surface area contributed by atoms with Crippen molar-refractivity contribution in [3.8, 4) is 0 Å². The van der Waals surface area contributed by atoms with E-state index in [1.807, 2.05) is 24.1 Å². The van der Waals surface area contributed by atoms with Crippen LogP contribution in [-0.2, 0) is 4.79 Å². The Labute approximate surface area is 95.4 Å². The number of rotatable bonds is 1. The molecular formula is C12H17N3O. The number of benzene rings is 1. The highest BCUT2D eigenvalue weighted by Gasteiger charge is 2.30. The van der Waals surface area contributed by atoms with E-state index in [0.29, 0.717) is 6.54 Å². The highest BCUT2D eigenvalue weighted by molar-refractivity contribution is 6.04. The summed E-state index contributed by atoms with van der Waals surface area (Å²) in [4.78, 5) is 13.7. The fourth-order valence-corrected chi connectivity index (χ4v) is 2.17. The van der Waals surface area contributed by atoms with Gasteiger partial charge in [-0.1, -0.05) is 6.07 Å². The van der Waals surface area contributed by atoms with Crippen molar-refractivity contribution in [2.45, 2.75) is 19.9 Å². The molecule has 0 radical (unpaired) electrons. The van der Waals surface area contributed by atoms with Crippen LogP contribution in [0.1, 0.15) is 11.1 Å². The molecule has 1 aliphatic rings. The van der Waals surface area contributed by atoms with Crippen molar-refractivity contribution >= 4 is 17.3 Å². The molecule has 4 heteroatoms. The lowest BCUT2D eigenvalue weighted by molar-refractivity contribution is -0.117. The zero-order valence-corrected chi connectivity index (χ0v) is 9.87. The van der Waals surface area contributed by atoms with Crippen LogP contribution in [0, 0.1) is 13.8 Å². The van der Waals surface area contributed by atoms with Gasteiger partial charge in [-0.2, -0.15) is 0 Å². The molecule has 3 N–H and O–H groups in total. The van der Waals surface area contributed by atoms with Crippen molar-refractivity contribution in [1.29, 1.82) is 0 Å². The van der Waals surface area contributed by atoms with E-state index in [9.17, 15) is 4.79 Å². The number of nitrogens with two attached hydrogens (primary N) is 1. The third kappa shape index (κ3) is 1.46. The molecule has 2 rings (SSSR count). The summed E-state index contributed by atoms with van der Waals surface area (Å²) >= 11 is 0. The number of hydrogen-bond acceptors (Lipinski definition) is 3. The molecule has 0 saturated heterocycles. The minimum absolute atomic E-state index is 0.0271. The predicted molar refractivity (Wildman–Crippen MR) is 65.8 cm³/mol. The van der Waals surface area contributed by atoms with Gasteiger partial charge in [-0.15, -0.1) is 0 Å². The van der Waals surface area contributed by atoms with Crippen LogP contribution < -0.4 is 16.0 Å². The second-order valence-corrected chi connectivity index (χ2v) is 4.26. The Balaban J connectivity index is 2.56. The average Bonchev–Trinajstić information content (AvgIpc) is 2.24. The van der Waals surface area contributed by atoms with Crippen LogP contribution in [0.2, 0.25) is 0 Å². The molecule has 0 aromatic heterocycles. The maximum atomic E-state index is 11.8. The highest BCUT2D eigenvalue weighted by Crippen LogP contribution is 2.35. The monoisotopic (exact) mass is 219 g/mol. The van der Waals surface area contributed by atoms with Gasteiger partial charge in [-0.25, -0.2) is 0 Å². The average molecular weight is 219 g/mol. The summed E-state index contributed by atoms with van der Waals surface area (Å²) in [6, 6.07) is 3.69. The van der Waals surface area contributed by atoms with Crippen molar-refractivity contribution in [2.24, 2.45) is 5.73 Å². The maximum absolute atomic E-state index is 11.8. The van der Waals surface area contributed by atoms with Crippen molar-refractivity contribution in [2.75, 3.05) is 23.8 Å². The lowest BCUT2D eigenvalue weighted by Crippen LogP contribution is -2.50. The first-order chi connectivity index (χ1) is 7.56. The summed E-state index contributed by atoms with van der Waals surface area (Å²) in [7, 11) is 1.92. The Morgan fingerprint density at radius 3 is 2.75 bits per heavy atom. The number of amides is 1. The molecule has 1 aromatic carbocycles. The second kappa shape index (κ2) is 3.79. The third-order valence-electron chi connectivity index (χ3n) is 3.31. The van der Waals surface area contributed by atoms with E-state index in [2.05, 4.69) is 19.2 Å². The van der Waals surface area contributed by atoms with Crippen LogP contribution in [0.5, 0.6) is 0 Å². The zero-order valence-electron chi connectivity index (χ0n) is 9.87. The lowest BCUT2D eigenvalue weighted by atomic mass is 10.0. The topological polar surface area (TPSA) is 58.4 Å². The van der Waals surface area contributed by atoms with E-state index in [-0.39, 0.29) is 11.9 Å². The number of anilines is 2. The Morgan fingerprint density at radius 1 is 1.44 bits per heavy atom. The number of hydrogen-bond donors (Lipinski definition) is 2. The molecule has 0 fully saturated rings. The molecule has 0 aliphatic carbocycles. The summed E-state index contributed by atoms with van der Waals surface area (Å²) in [6.07, 6.45) is 0. The molecule has 1 unspecified atom stereocenters. The summed E-state index contributed by atoms with van der Waals surface area (Å²) in [5.41, 5.74) is 9.99. The summed E-state index contributed by atoms with van der Waals surface area (Å²) in [5.74, 6) is -0.0271. The molecule has 1 heterocycles. The molecule has 4 nitrogen and oxygen atoms in total. The molecule has 1 atom stereocenters. The molecule has 16 heavy (non-hydrogen) atoms. The van der Waals surface area contributed by atoms with Crippen LogP contribution in [0.15, 0.2) is 12.1 Å². The Kier molecular flexibility index (Phi) is 2.59. The Hall–Kier alpha value is -1.55. The van der Waals surface area contributed by atoms with Crippen LogP contribution >= 0.6 is 0 Å². The standard InChI is InChI=1S/C12H17N3O/c1-7-4-5-9-11(8(7)2)15(3)10(6-13)12(16)14-9/h4-5,10H,6,13H2,1-3H3,(H,14,16). The number of aryl methyl sites for hydroxylation is 1. The smallest absolute Gasteiger partial charge is 0.248 e. The maximum Gasteiger partial charge on any atom is 0.248 e. The molecule has 1 aliphatic heterocycles. The Morgan fingerprint density at radius 2 is 2.12 bits per heavy atom. The van der Waals surface area contributed by atoms with Gasteiger partial charge in [0.1, 0.15) is 6.04 Å². The van der Waals surface area contributed by atoms with Gasteiger partial charge < -0.3 is 16.0 Å². The third-order valence-corrected chi connectivity index (χ3v) is 3.31. The van der Waals surface area contributed by atoms with Crippen molar-refractivity contribution < 1.29 is 4.79 Å². The van der Waals surface area contributed by atoms with E-state index in [1.54, 1.807) is 0 Å². The fourth-order valence-electron chi connectivity index (χ4n) is 2.17. The Bertz CT molecular complexity index is 442. The van der Waals surface area contributed by atoms with E-state index < -0.39 is 0 Å². The van der Waals surface area contributed by atoms with Gasteiger partial charge in [0.15, 0.2) is 0 Å². The van der Waals surface area contributed by atoms with Crippen molar-refractivity contribution in [3.05, 3.63) is 23.3 Å². The van der Waals surface area contributed by atoms with E-state index >= 15 is 0 Å². The SMILES string of the molecule is Cc1ccc2c(c1C)N(C)C(CN)C(=O)N2. The van der Waals surface area contributed by atoms with E-state index in [0.717, 1.165) is 11.4 Å². The minimum Gasteiger partial charge on any atom is -0.360 e. The molecule has 86 valence electrons. The quantitative estimate of drug-likeness (QED) is 0.741. The number of fused-ring (bicyclic) bond motifs is 1. The molecular weight excluding hydrogens is 202 g/mol. The first-order valence-corrected chi connectivity index (χ1v) is 5.40. The number of nitrogens with zero attached hydrogens (tertiary/aromatic N) is 1. The van der Waals surface area contributed by atoms with Gasteiger partial charge in [-0.3, -0.25) is 4.79 Å². The van der Waals surface area contributed by atoms with Crippen LogP contribution in [0.25, 0.3) is 0 Å². The van der Waals surface area contributed by atoms with E-state index in [4.69, 9.17) is 5.73 Å². The summed E-state index contributed by atoms with van der Waals surface area (Å²) in [6.45, 7) is 4.46. The highest BCUT2D eigenvalue weighted by atomic mass is 16.2. The molecule has 1 aromatic rings. The number of carbonyl (C=O) groups excluding carboxylic acids is 1. The zero-order chi connectivity index (χ0) is 11.9. The summed E-state index contributed by atoms with van der Waals surface area (Å²) in [5, 5.41) is 2.90. The van der Waals surface area contributed by atoms with Crippen LogP contribution in [-0.4, -0.2) is 25.5 Å². The van der Waals surface area contributed by atoms with Crippen LogP contribution in [0.3, 0.4) is 0 Å². The van der Waals surface area contributed by atoms with E-state index in [1.165, 1.54) is 11.1 Å². The van der Waals surface area contributed by atoms with Crippen molar-refractivity contribution in [3.63, 3.8) is 0 Å². The number of nitrogens with one attached hydrogen (secondary N) is 1.